The number of ether oxygens (including phenoxy) is 2. The van der Waals surface area contributed by atoms with E-state index in [0.29, 0.717) is 28.8 Å². The first-order valence-corrected chi connectivity index (χ1v) is 7.71. The lowest BCUT2D eigenvalue weighted by Gasteiger charge is -2.11. The topological polar surface area (TPSA) is 73.6 Å². The van der Waals surface area contributed by atoms with Crippen molar-refractivity contribution >= 4 is 11.6 Å². The largest absolute Gasteiger partial charge is 0.497 e. The van der Waals surface area contributed by atoms with E-state index in [-0.39, 0.29) is 12.3 Å². The first-order valence-electron chi connectivity index (χ1n) is 7.71. The van der Waals surface area contributed by atoms with E-state index in [0.717, 1.165) is 5.56 Å². The predicted molar refractivity (Wildman–Crippen MR) is 93.8 cm³/mol. The molecule has 0 spiro atoms. The van der Waals surface area contributed by atoms with Crippen LogP contribution in [0.25, 0.3) is 11.5 Å². The second kappa shape index (κ2) is 7.53. The van der Waals surface area contributed by atoms with E-state index >= 15 is 0 Å². The third kappa shape index (κ3) is 3.98. The number of hydrogen-bond acceptors (Lipinski definition) is 5. The van der Waals surface area contributed by atoms with Gasteiger partial charge in [-0.15, -0.1) is 0 Å². The van der Waals surface area contributed by atoms with Gasteiger partial charge in [0.05, 0.1) is 32.0 Å². The minimum absolute atomic E-state index is 0.0939. The van der Waals surface area contributed by atoms with Crippen molar-refractivity contribution in [3.05, 3.63) is 60.5 Å². The summed E-state index contributed by atoms with van der Waals surface area (Å²) in [7, 11) is 3.11. The monoisotopic (exact) mass is 338 g/mol. The van der Waals surface area contributed by atoms with Crippen LogP contribution < -0.4 is 14.8 Å². The predicted octanol–water partition coefficient (Wildman–Crippen LogP) is 3.54. The van der Waals surface area contributed by atoms with Crippen LogP contribution in [0.5, 0.6) is 11.5 Å². The highest BCUT2D eigenvalue weighted by molar-refractivity contribution is 5.93. The van der Waals surface area contributed by atoms with E-state index < -0.39 is 0 Å². The van der Waals surface area contributed by atoms with Gasteiger partial charge in [-0.25, -0.2) is 4.98 Å². The highest BCUT2D eigenvalue weighted by Crippen LogP contribution is 2.29. The molecule has 0 radical (unpaired) electrons. The van der Waals surface area contributed by atoms with Crippen molar-refractivity contribution in [2.24, 2.45) is 0 Å². The number of methoxy groups -OCH3 is 2. The fourth-order valence-corrected chi connectivity index (χ4v) is 2.37. The van der Waals surface area contributed by atoms with Crippen LogP contribution in [-0.4, -0.2) is 25.1 Å². The van der Waals surface area contributed by atoms with Crippen molar-refractivity contribution in [3.63, 3.8) is 0 Å². The van der Waals surface area contributed by atoms with Crippen molar-refractivity contribution in [2.45, 2.75) is 6.42 Å². The highest BCUT2D eigenvalue weighted by atomic mass is 16.5. The number of benzene rings is 2. The molecule has 1 N–H and O–H groups in total. The summed E-state index contributed by atoms with van der Waals surface area (Å²) < 4.78 is 15.9. The minimum atomic E-state index is -0.223. The number of oxazole rings is 1. The number of anilines is 1. The summed E-state index contributed by atoms with van der Waals surface area (Å²) >= 11 is 0. The summed E-state index contributed by atoms with van der Waals surface area (Å²) in [6.07, 6.45) is 1.58. The molecular weight excluding hydrogens is 320 g/mol. The molecule has 6 heteroatoms. The molecule has 0 unspecified atom stereocenters. The van der Waals surface area contributed by atoms with Gasteiger partial charge >= 0.3 is 0 Å². The second-order valence-electron chi connectivity index (χ2n) is 5.30. The maximum Gasteiger partial charge on any atom is 0.230 e. The minimum Gasteiger partial charge on any atom is -0.497 e. The average molecular weight is 338 g/mol. The van der Waals surface area contributed by atoms with E-state index in [2.05, 4.69) is 10.3 Å². The maximum atomic E-state index is 12.3. The molecule has 0 fully saturated rings. The first kappa shape index (κ1) is 16.6. The van der Waals surface area contributed by atoms with Gasteiger partial charge in [0.25, 0.3) is 0 Å². The molecule has 0 saturated heterocycles. The van der Waals surface area contributed by atoms with Gasteiger partial charge in [-0.1, -0.05) is 18.2 Å². The third-order valence-corrected chi connectivity index (χ3v) is 3.59. The number of carbonyl (C=O) groups excluding carboxylic acids is 1. The van der Waals surface area contributed by atoms with Crippen LogP contribution >= 0.6 is 0 Å². The van der Waals surface area contributed by atoms with Gasteiger partial charge in [0.15, 0.2) is 0 Å². The number of carbonyl (C=O) groups is 1. The molecule has 0 atom stereocenters. The van der Waals surface area contributed by atoms with E-state index in [1.165, 1.54) is 6.26 Å². The number of aromatic nitrogens is 1. The molecular formula is C19H18N2O4. The number of nitrogens with one attached hydrogen (secondary N) is 1. The molecule has 1 heterocycles. The molecule has 1 amide bonds. The Morgan fingerprint density at radius 2 is 1.92 bits per heavy atom. The van der Waals surface area contributed by atoms with Crippen molar-refractivity contribution < 1.29 is 18.7 Å². The molecule has 0 bridgehead atoms. The Morgan fingerprint density at radius 3 is 2.64 bits per heavy atom. The van der Waals surface area contributed by atoms with Gasteiger partial charge in [0, 0.05) is 11.6 Å². The molecule has 6 nitrogen and oxygen atoms in total. The number of hydrogen-bond donors (Lipinski definition) is 1. The molecule has 128 valence electrons. The molecule has 3 aromatic rings. The smallest absolute Gasteiger partial charge is 0.230 e. The summed E-state index contributed by atoms with van der Waals surface area (Å²) in [4.78, 5) is 16.7. The van der Waals surface area contributed by atoms with Crippen molar-refractivity contribution in [1.29, 1.82) is 0 Å². The van der Waals surface area contributed by atoms with Crippen LogP contribution in [0.2, 0.25) is 0 Å². The maximum absolute atomic E-state index is 12.3. The van der Waals surface area contributed by atoms with Gasteiger partial charge in [-0.2, -0.15) is 0 Å². The van der Waals surface area contributed by atoms with Gasteiger partial charge in [0.2, 0.25) is 11.8 Å². The lowest BCUT2D eigenvalue weighted by molar-refractivity contribution is -0.115. The molecule has 2 aromatic carbocycles. The summed E-state index contributed by atoms with van der Waals surface area (Å²) in [6, 6.07) is 14.7. The van der Waals surface area contributed by atoms with Crippen LogP contribution in [0.3, 0.4) is 0 Å². The lowest BCUT2D eigenvalue weighted by Crippen LogP contribution is -2.15. The molecule has 1 aromatic heterocycles. The number of rotatable bonds is 6. The zero-order chi connectivity index (χ0) is 17.6. The summed E-state index contributed by atoms with van der Waals surface area (Å²) in [5.74, 6) is 1.45. The number of nitrogens with zero attached hydrogens (tertiary/aromatic N) is 1. The Balaban J connectivity index is 1.70. The highest BCUT2D eigenvalue weighted by Gasteiger charge is 2.13. The molecule has 3 rings (SSSR count). The Bertz CT molecular complexity index is 859. The number of amides is 1. The fraction of sp³-hybridized carbons (Fsp3) is 0.158. The molecule has 0 aliphatic heterocycles. The average Bonchev–Trinajstić information content (AvgIpc) is 3.10. The van der Waals surface area contributed by atoms with Crippen LogP contribution in [0.4, 0.5) is 5.69 Å². The lowest BCUT2D eigenvalue weighted by atomic mass is 10.2. The van der Waals surface area contributed by atoms with Crippen LogP contribution in [-0.2, 0) is 11.2 Å². The van der Waals surface area contributed by atoms with Crippen molar-refractivity contribution in [2.75, 3.05) is 19.5 Å². The molecule has 0 saturated carbocycles. The summed E-state index contributed by atoms with van der Waals surface area (Å²) in [5, 5.41) is 2.81. The molecule has 25 heavy (non-hydrogen) atoms. The fourth-order valence-electron chi connectivity index (χ4n) is 2.37. The third-order valence-electron chi connectivity index (χ3n) is 3.59. The Morgan fingerprint density at radius 1 is 1.12 bits per heavy atom. The summed E-state index contributed by atoms with van der Waals surface area (Å²) in [6.45, 7) is 0. The van der Waals surface area contributed by atoms with Crippen LogP contribution in [0, 0.1) is 0 Å². The van der Waals surface area contributed by atoms with E-state index in [9.17, 15) is 4.79 Å². The zero-order valence-corrected chi connectivity index (χ0v) is 14.0. The van der Waals surface area contributed by atoms with Crippen LogP contribution in [0.15, 0.2) is 59.2 Å². The van der Waals surface area contributed by atoms with Gasteiger partial charge < -0.3 is 19.2 Å². The van der Waals surface area contributed by atoms with Gasteiger partial charge in [-0.05, 0) is 24.3 Å². The summed E-state index contributed by atoms with van der Waals surface area (Å²) in [5.41, 5.74) is 1.96. The molecule has 0 aliphatic carbocycles. The Labute approximate surface area is 145 Å². The Hall–Kier alpha value is -3.28. The molecule has 0 aliphatic rings. The standard InChI is InChI=1S/C19H18N2O4/c1-23-15-8-9-17(24-2)16(11-15)21-18(22)10-14-12-25-19(20-14)13-6-4-3-5-7-13/h3-9,11-12H,10H2,1-2H3,(H,21,22). The van der Waals surface area contributed by atoms with Crippen LogP contribution in [0.1, 0.15) is 5.69 Å². The Kier molecular flexibility index (Phi) is 4.99. The zero-order valence-electron chi connectivity index (χ0n) is 14.0. The van der Waals surface area contributed by atoms with Crippen molar-refractivity contribution in [3.8, 4) is 23.0 Å². The van der Waals surface area contributed by atoms with E-state index in [1.807, 2.05) is 30.3 Å². The van der Waals surface area contributed by atoms with Gasteiger partial charge in [-0.3, -0.25) is 4.79 Å². The van der Waals surface area contributed by atoms with E-state index in [1.54, 1.807) is 32.4 Å². The SMILES string of the molecule is COc1ccc(OC)c(NC(=O)Cc2coc(-c3ccccc3)n2)c1. The second-order valence-corrected chi connectivity index (χ2v) is 5.30. The first-order chi connectivity index (χ1) is 12.2. The van der Waals surface area contributed by atoms with E-state index in [4.69, 9.17) is 13.9 Å². The quantitative estimate of drug-likeness (QED) is 0.744. The van der Waals surface area contributed by atoms with Crippen molar-refractivity contribution in [1.82, 2.24) is 4.98 Å². The van der Waals surface area contributed by atoms with Gasteiger partial charge in [0.1, 0.15) is 17.8 Å². The normalized spacial score (nSPS) is 10.3.